The van der Waals surface area contributed by atoms with Gasteiger partial charge >= 0.3 is 12.1 Å². The van der Waals surface area contributed by atoms with E-state index in [1.54, 1.807) is 0 Å². The standard InChI is InChI=1S/C28H51NO5/c1-4-5-6-7-8-9-10-11-12-13-14-15-16-17-18-19-21-26(22-23-27(30)31)34-28(32)33-25-20-24-29(2)3/h8-9,11-12,26H,4-7,10,13-25H2,1-3H3,(H,30,31). The van der Waals surface area contributed by atoms with Gasteiger partial charge in [-0.2, -0.15) is 0 Å². The molecule has 1 N–H and O–H groups in total. The number of hydrogen-bond donors (Lipinski definition) is 1. The number of hydrogen-bond acceptors (Lipinski definition) is 5. The molecule has 0 aliphatic heterocycles. The summed E-state index contributed by atoms with van der Waals surface area (Å²) in [6.45, 7) is 3.38. The fourth-order valence-electron chi connectivity index (χ4n) is 3.61. The molecule has 0 aliphatic rings. The fraction of sp³-hybridized carbons (Fsp3) is 0.786. The number of allylic oxidation sites excluding steroid dienone is 4. The molecular weight excluding hydrogens is 430 g/mol. The van der Waals surface area contributed by atoms with E-state index in [2.05, 4.69) is 31.2 Å². The van der Waals surface area contributed by atoms with Crippen molar-refractivity contribution in [2.45, 2.75) is 116 Å². The first-order chi connectivity index (χ1) is 16.5. The van der Waals surface area contributed by atoms with E-state index < -0.39 is 12.1 Å². The van der Waals surface area contributed by atoms with E-state index >= 15 is 0 Å². The van der Waals surface area contributed by atoms with Crippen molar-refractivity contribution in [2.75, 3.05) is 27.2 Å². The number of carbonyl (C=O) groups excluding carboxylic acids is 1. The van der Waals surface area contributed by atoms with Crippen molar-refractivity contribution in [1.82, 2.24) is 4.90 Å². The molecule has 1 atom stereocenters. The van der Waals surface area contributed by atoms with Crippen LogP contribution in [0.5, 0.6) is 0 Å². The maximum absolute atomic E-state index is 11.9. The summed E-state index contributed by atoms with van der Waals surface area (Å²) in [4.78, 5) is 24.8. The minimum absolute atomic E-state index is 0.000736. The average Bonchev–Trinajstić information content (AvgIpc) is 2.79. The third kappa shape index (κ3) is 24.8. The second kappa shape index (κ2) is 24.3. The van der Waals surface area contributed by atoms with Gasteiger partial charge in [0.25, 0.3) is 0 Å². The number of aliphatic carboxylic acids is 1. The summed E-state index contributed by atoms with van der Waals surface area (Å²) in [5.41, 5.74) is 0. The van der Waals surface area contributed by atoms with E-state index in [1.807, 2.05) is 19.0 Å². The topological polar surface area (TPSA) is 76.1 Å². The van der Waals surface area contributed by atoms with E-state index in [4.69, 9.17) is 14.6 Å². The highest BCUT2D eigenvalue weighted by molar-refractivity contribution is 5.66. The Labute approximate surface area is 208 Å². The summed E-state index contributed by atoms with van der Waals surface area (Å²) in [6, 6.07) is 0. The van der Waals surface area contributed by atoms with E-state index in [9.17, 15) is 9.59 Å². The Hall–Kier alpha value is -1.82. The van der Waals surface area contributed by atoms with Crippen LogP contribution in [0.2, 0.25) is 0 Å². The molecule has 0 radical (unpaired) electrons. The van der Waals surface area contributed by atoms with Crippen LogP contribution in [-0.4, -0.2) is 55.5 Å². The third-order valence-corrected chi connectivity index (χ3v) is 5.64. The number of rotatable bonds is 23. The van der Waals surface area contributed by atoms with Gasteiger partial charge in [0.1, 0.15) is 6.10 Å². The van der Waals surface area contributed by atoms with Crippen molar-refractivity contribution >= 4 is 12.1 Å². The first kappa shape index (κ1) is 32.2. The second-order valence-electron chi connectivity index (χ2n) is 9.30. The zero-order valence-electron chi connectivity index (χ0n) is 22.1. The summed E-state index contributed by atoms with van der Waals surface area (Å²) in [5.74, 6) is -0.870. The van der Waals surface area contributed by atoms with Crippen LogP contribution in [0.3, 0.4) is 0 Å². The van der Waals surface area contributed by atoms with Gasteiger partial charge in [-0.15, -0.1) is 0 Å². The summed E-state index contributed by atoms with van der Waals surface area (Å²) >= 11 is 0. The molecule has 0 amide bonds. The number of nitrogens with zero attached hydrogens (tertiary/aromatic N) is 1. The lowest BCUT2D eigenvalue weighted by molar-refractivity contribution is -0.137. The summed E-state index contributed by atoms with van der Waals surface area (Å²) in [6.07, 6.45) is 23.9. The number of carbonyl (C=O) groups is 2. The zero-order valence-corrected chi connectivity index (χ0v) is 22.1. The van der Waals surface area contributed by atoms with Crippen molar-refractivity contribution in [2.24, 2.45) is 0 Å². The minimum atomic E-state index is -0.870. The molecule has 6 heteroatoms. The maximum atomic E-state index is 11.9. The van der Waals surface area contributed by atoms with Crippen LogP contribution in [0.4, 0.5) is 4.79 Å². The predicted molar refractivity (Wildman–Crippen MR) is 140 cm³/mol. The molecule has 0 aromatic carbocycles. The van der Waals surface area contributed by atoms with Gasteiger partial charge in [0.2, 0.25) is 0 Å². The van der Waals surface area contributed by atoms with Crippen molar-refractivity contribution < 1.29 is 24.2 Å². The van der Waals surface area contributed by atoms with Crippen LogP contribution in [0.15, 0.2) is 24.3 Å². The van der Waals surface area contributed by atoms with Crippen LogP contribution in [-0.2, 0) is 14.3 Å². The van der Waals surface area contributed by atoms with Gasteiger partial charge < -0.3 is 19.5 Å². The molecule has 0 aliphatic carbocycles. The SMILES string of the molecule is CCCCCC=CCC=CCCCCCCCCC(CCC(=O)O)OC(=O)OCCCN(C)C. The first-order valence-corrected chi connectivity index (χ1v) is 13.5. The average molecular weight is 482 g/mol. The third-order valence-electron chi connectivity index (χ3n) is 5.64. The molecule has 0 aromatic rings. The van der Waals surface area contributed by atoms with Gasteiger partial charge in [-0.05, 0) is 71.9 Å². The molecule has 1 unspecified atom stereocenters. The van der Waals surface area contributed by atoms with Gasteiger partial charge in [-0.3, -0.25) is 4.79 Å². The first-order valence-electron chi connectivity index (χ1n) is 13.5. The van der Waals surface area contributed by atoms with Crippen molar-refractivity contribution in [3.05, 3.63) is 24.3 Å². The van der Waals surface area contributed by atoms with Crippen molar-refractivity contribution in [1.29, 1.82) is 0 Å². The summed E-state index contributed by atoms with van der Waals surface area (Å²) < 4.78 is 10.5. The number of ether oxygens (including phenoxy) is 2. The quantitative estimate of drug-likeness (QED) is 0.0923. The molecule has 0 rings (SSSR count). The number of unbranched alkanes of at least 4 members (excludes halogenated alkanes) is 9. The molecule has 6 nitrogen and oxygen atoms in total. The molecule has 0 saturated heterocycles. The lowest BCUT2D eigenvalue weighted by Gasteiger charge is -2.17. The minimum Gasteiger partial charge on any atom is -0.481 e. The van der Waals surface area contributed by atoms with Gasteiger partial charge in [-0.1, -0.05) is 69.8 Å². The largest absolute Gasteiger partial charge is 0.508 e. The Balaban J connectivity index is 3.82. The summed E-state index contributed by atoms with van der Waals surface area (Å²) in [5, 5.41) is 8.95. The highest BCUT2D eigenvalue weighted by atomic mass is 16.7. The van der Waals surface area contributed by atoms with Crippen LogP contribution in [0, 0.1) is 0 Å². The Morgan fingerprint density at radius 1 is 0.824 bits per heavy atom. The van der Waals surface area contributed by atoms with Gasteiger partial charge in [-0.25, -0.2) is 4.79 Å². The molecule has 34 heavy (non-hydrogen) atoms. The normalized spacial score (nSPS) is 12.6. The van der Waals surface area contributed by atoms with E-state index in [0.717, 1.165) is 45.1 Å². The Morgan fingerprint density at radius 2 is 1.44 bits per heavy atom. The van der Waals surface area contributed by atoms with Crippen molar-refractivity contribution in [3.63, 3.8) is 0 Å². The molecule has 0 bridgehead atoms. The Bertz CT molecular complexity index is 545. The second-order valence-corrected chi connectivity index (χ2v) is 9.30. The maximum Gasteiger partial charge on any atom is 0.508 e. The zero-order chi connectivity index (χ0) is 25.3. The molecule has 0 saturated carbocycles. The highest BCUT2D eigenvalue weighted by Crippen LogP contribution is 2.15. The predicted octanol–water partition coefficient (Wildman–Crippen LogP) is 7.53. The lowest BCUT2D eigenvalue weighted by Crippen LogP contribution is -2.22. The van der Waals surface area contributed by atoms with Gasteiger partial charge in [0, 0.05) is 13.0 Å². The van der Waals surface area contributed by atoms with E-state index in [1.165, 1.54) is 44.9 Å². The molecule has 0 heterocycles. The van der Waals surface area contributed by atoms with E-state index in [0.29, 0.717) is 19.4 Å². The van der Waals surface area contributed by atoms with Crippen molar-refractivity contribution in [3.8, 4) is 0 Å². The van der Waals surface area contributed by atoms with Crippen LogP contribution in [0.1, 0.15) is 110 Å². The lowest BCUT2D eigenvalue weighted by atomic mass is 10.0. The smallest absolute Gasteiger partial charge is 0.481 e. The van der Waals surface area contributed by atoms with Gasteiger partial charge in [0.05, 0.1) is 6.61 Å². The van der Waals surface area contributed by atoms with Gasteiger partial charge in [0.15, 0.2) is 0 Å². The molecular formula is C28H51NO5. The molecule has 0 spiro atoms. The van der Waals surface area contributed by atoms with Crippen LogP contribution >= 0.6 is 0 Å². The molecule has 198 valence electrons. The number of carboxylic acids is 1. The fourth-order valence-corrected chi connectivity index (χ4v) is 3.61. The molecule has 0 aromatic heterocycles. The molecule has 0 fully saturated rings. The monoisotopic (exact) mass is 481 g/mol. The highest BCUT2D eigenvalue weighted by Gasteiger charge is 2.17. The Kier molecular flexibility index (Phi) is 23.0. The van der Waals surface area contributed by atoms with E-state index in [-0.39, 0.29) is 12.5 Å². The number of carboxylic acid groups (broad SMARTS) is 1. The van der Waals surface area contributed by atoms with Crippen LogP contribution in [0.25, 0.3) is 0 Å². The summed E-state index contributed by atoms with van der Waals surface area (Å²) in [7, 11) is 3.93. The Morgan fingerprint density at radius 3 is 2.06 bits per heavy atom. The van der Waals surface area contributed by atoms with Crippen LogP contribution < -0.4 is 0 Å².